The molecular formula is C16H15FN2O2. The summed E-state index contributed by atoms with van der Waals surface area (Å²) in [5, 5.41) is 0. The maximum Gasteiger partial charge on any atom is 0.268 e. The van der Waals surface area contributed by atoms with Crippen LogP contribution in [0.2, 0.25) is 0 Å². The SMILES string of the molecule is CC1Oc2cccc(N)c2N(Cc2ccccc2F)C1=O. The fourth-order valence-corrected chi connectivity index (χ4v) is 2.45. The van der Waals surface area contributed by atoms with Crippen LogP contribution in [0.15, 0.2) is 42.5 Å². The predicted octanol–water partition coefficient (Wildman–Crippen LogP) is 2.72. The molecule has 21 heavy (non-hydrogen) atoms. The van der Waals surface area contributed by atoms with Gasteiger partial charge in [0.2, 0.25) is 0 Å². The molecule has 2 aromatic carbocycles. The van der Waals surface area contributed by atoms with E-state index in [1.54, 1.807) is 43.3 Å². The minimum atomic E-state index is -0.619. The van der Waals surface area contributed by atoms with Gasteiger partial charge in [-0.2, -0.15) is 0 Å². The molecule has 1 atom stereocenters. The number of para-hydroxylation sites is 1. The lowest BCUT2D eigenvalue weighted by Crippen LogP contribution is -2.44. The Kier molecular flexibility index (Phi) is 3.25. The summed E-state index contributed by atoms with van der Waals surface area (Å²) in [6, 6.07) is 11.6. The lowest BCUT2D eigenvalue weighted by Gasteiger charge is -2.34. The van der Waals surface area contributed by atoms with E-state index in [2.05, 4.69) is 0 Å². The molecule has 2 aromatic rings. The quantitative estimate of drug-likeness (QED) is 0.864. The first-order chi connectivity index (χ1) is 10.1. The molecule has 0 spiro atoms. The molecule has 0 radical (unpaired) electrons. The van der Waals surface area contributed by atoms with E-state index in [0.717, 1.165) is 0 Å². The van der Waals surface area contributed by atoms with Crippen molar-refractivity contribution in [2.45, 2.75) is 19.6 Å². The predicted molar refractivity (Wildman–Crippen MR) is 78.5 cm³/mol. The van der Waals surface area contributed by atoms with Gasteiger partial charge in [-0.25, -0.2) is 4.39 Å². The fraction of sp³-hybridized carbons (Fsp3) is 0.188. The minimum absolute atomic E-state index is 0.125. The van der Waals surface area contributed by atoms with Crippen molar-refractivity contribution in [3.63, 3.8) is 0 Å². The molecule has 0 aromatic heterocycles. The third-order valence-corrected chi connectivity index (χ3v) is 3.50. The van der Waals surface area contributed by atoms with Gasteiger partial charge in [-0.05, 0) is 25.1 Å². The number of hydrogen-bond acceptors (Lipinski definition) is 3. The molecule has 1 aliphatic heterocycles. The highest BCUT2D eigenvalue weighted by molar-refractivity contribution is 6.02. The van der Waals surface area contributed by atoms with Crippen LogP contribution in [-0.2, 0) is 11.3 Å². The van der Waals surface area contributed by atoms with Gasteiger partial charge in [-0.1, -0.05) is 24.3 Å². The summed E-state index contributed by atoms with van der Waals surface area (Å²) < 4.78 is 19.4. The zero-order chi connectivity index (χ0) is 15.0. The van der Waals surface area contributed by atoms with E-state index in [0.29, 0.717) is 22.7 Å². The second-order valence-corrected chi connectivity index (χ2v) is 4.97. The van der Waals surface area contributed by atoms with Gasteiger partial charge in [0.05, 0.1) is 12.2 Å². The van der Waals surface area contributed by atoms with Crippen LogP contribution in [0.25, 0.3) is 0 Å². The van der Waals surface area contributed by atoms with Crippen LogP contribution >= 0.6 is 0 Å². The van der Waals surface area contributed by atoms with Crippen molar-refractivity contribution in [1.29, 1.82) is 0 Å². The summed E-state index contributed by atoms with van der Waals surface area (Å²) in [6.45, 7) is 1.79. The summed E-state index contributed by atoms with van der Waals surface area (Å²) in [5.74, 6) is -0.0393. The van der Waals surface area contributed by atoms with Gasteiger partial charge in [0.25, 0.3) is 5.91 Å². The second kappa shape index (κ2) is 5.09. The van der Waals surface area contributed by atoms with Crippen LogP contribution in [0.5, 0.6) is 5.75 Å². The summed E-state index contributed by atoms with van der Waals surface area (Å²) in [7, 11) is 0. The first-order valence-corrected chi connectivity index (χ1v) is 6.68. The molecule has 1 heterocycles. The number of carbonyl (C=O) groups excluding carboxylic acids is 1. The summed E-state index contributed by atoms with van der Waals surface area (Å²) >= 11 is 0. The van der Waals surface area contributed by atoms with Crippen molar-refractivity contribution < 1.29 is 13.9 Å². The van der Waals surface area contributed by atoms with Gasteiger partial charge >= 0.3 is 0 Å². The molecule has 0 fully saturated rings. The minimum Gasteiger partial charge on any atom is -0.479 e. The standard InChI is InChI=1S/C16H15FN2O2/c1-10-16(20)19(9-11-5-2-3-6-12(11)17)15-13(18)7-4-8-14(15)21-10/h2-8,10H,9,18H2,1H3. The van der Waals surface area contributed by atoms with Gasteiger partial charge in [0.15, 0.2) is 6.10 Å². The van der Waals surface area contributed by atoms with Crippen molar-refractivity contribution in [1.82, 2.24) is 0 Å². The van der Waals surface area contributed by atoms with Gasteiger partial charge < -0.3 is 10.5 Å². The van der Waals surface area contributed by atoms with Crippen LogP contribution in [0.4, 0.5) is 15.8 Å². The molecule has 0 aliphatic carbocycles. The van der Waals surface area contributed by atoms with Crippen molar-refractivity contribution in [3.05, 3.63) is 53.8 Å². The van der Waals surface area contributed by atoms with Crippen molar-refractivity contribution in [2.75, 3.05) is 10.6 Å². The molecule has 1 unspecified atom stereocenters. The molecule has 5 heteroatoms. The first-order valence-electron chi connectivity index (χ1n) is 6.68. The average molecular weight is 286 g/mol. The van der Waals surface area contributed by atoms with E-state index in [9.17, 15) is 9.18 Å². The smallest absolute Gasteiger partial charge is 0.268 e. The Morgan fingerprint density at radius 3 is 2.76 bits per heavy atom. The van der Waals surface area contributed by atoms with Crippen LogP contribution in [0, 0.1) is 5.82 Å². The van der Waals surface area contributed by atoms with E-state index < -0.39 is 6.10 Å². The van der Waals surface area contributed by atoms with Gasteiger partial charge in [0, 0.05) is 5.56 Å². The Hall–Kier alpha value is -2.56. The van der Waals surface area contributed by atoms with Crippen LogP contribution in [0.3, 0.4) is 0 Å². The number of ether oxygens (including phenoxy) is 1. The fourth-order valence-electron chi connectivity index (χ4n) is 2.45. The van der Waals surface area contributed by atoms with Crippen LogP contribution in [0.1, 0.15) is 12.5 Å². The van der Waals surface area contributed by atoms with E-state index in [4.69, 9.17) is 10.5 Å². The van der Waals surface area contributed by atoms with Crippen molar-refractivity contribution in [3.8, 4) is 5.75 Å². The number of nitrogen functional groups attached to an aromatic ring is 1. The number of nitrogens with zero attached hydrogens (tertiary/aromatic N) is 1. The second-order valence-electron chi connectivity index (χ2n) is 4.97. The van der Waals surface area contributed by atoms with E-state index in [1.165, 1.54) is 11.0 Å². The normalized spacial score (nSPS) is 17.3. The summed E-state index contributed by atoms with van der Waals surface area (Å²) in [4.78, 5) is 13.9. The highest BCUT2D eigenvalue weighted by Crippen LogP contribution is 2.39. The molecule has 1 amide bonds. The summed E-state index contributed by atoms with van der Waals surface area (Å²) in [5.41, 5.74) is 7.34. The number of hydrogen-bond donors (Lipinski definition) is 1. The lowest BCUT2D eigenvalue weighted by molar-refractivity contribution is -0.125. The largest absolute Gasteiger partial charge is 0.479 e. The molecule has 4 nitrogen and oxygen atoms in total. The van der Waals surface area contributed by atoms with E-state index in [-0.39, 0.29) is 18.3 Å². The number of fused-ring (bicyclic) bond motifs is 1. The van der Waals surface area contributed by atoms with Crippen molar-refractivity contribution in [2.24, 2.45) is 0 Å². The van der Waals surface area contributed by atoms with Gasteiger partial charge in [-0.15, -0.1) is 0 Å². The number of halogens is 1. The lowest BCUT2D eigenvalue weighted by atomic mass is 10.1. The molecule has 1 aliphatic rings. The zero-order valence-electron chi connectivity index (χ0n) is 11.5. The number of anilines is 2. The van der Waals surface area contributed by atoms with Crippen molar-refractivity contribution >= 4 is 17.3 Å². The number of benzene rings is 2. The molecule has 0 saturated heterocycles. The highest BCUT2D eigenvalue weighted by Gasteiger charge is 2.33. The Morgan fingerprint density at radius 2 is 2.00 bits per heavy atom. The molecule has 3 rings (SSSR count). The Balaban J connectivity index is 2.05. The van der Waals surface area contributed by atoms with Gasteiger partial charge in [0.1, 0.15) is 17.3 Å². The maximum absolute atomic E-state index is 13.8. The third-order valence-electron chi connectivity index (χ3n) is 3.50. The first kappa shape index (κ1) is 13.4. The Morgan fingerprint density at radius 1 is 1.24 bits per heavy atom. The zero-order valence-corrected chi connectivity index (χ0v) is 11.5. The van der Waals surface area contributed by atoms with E-state index >= 15 is 0 Å². The highest BCUT2D eigenvalue weighted by atomic mass is 19.1. The number of nitrogens with two attached hydrogens (primary N) is 1. The van der Waals surface area contributed by atoms with E-state index in [1.807, 2.05) is 0 Å². The van der Waals surface area contributed by atoms with Gasteiger partial charge in [-0.3, -0.25) is 9.69 Å². The average Bonchev–Trinajstić information content (AvgIpc) is 2.46. The van der Waals surface area contributed by atoms with Crippen LogP contribution in [-0.4, -0.2) is 12.0 Å². The third kappa shape index (κ3) is 2.31. The Bertz CT molecular complexity index is 702. The maximum atomic E-state index is 13.8. The molecule has 108 valence electrons. The molecule has 2 N–H and O–H groups in total. The molecular weight excluding hydrogens is 271 g/mol. The molecule has 0 saturated carbocycles. The van der Waals surface area contributed by atoms with Crippen LogP contribution < -0.4 is 15.4 Å². The topological polar surface area (TPSA) is 55.6 Å². The monoisotopic (exact) mass is 286 g/mol. The number of amides is 1. The number of carbonyl (C=O) groups is 1. The Labute approximate surface area is 121 Å². The summed E-state index contributed by atoms with van der Waals surface area (Å²) in [6.07, 6.45) is -0.619. The molecule has 0 bridgehead atoms. The number of rotatable bonds is 2.